The van der Waals surface area contributed by atoms with Gasteiger partial charge in [0.1, 0.15) is 0 Å². The van der Waals surface area contributed by atoms with E-state index in [1.165, 1.54) is 0 Å². The van der Waals surface area contributed by atoms with Crippen LogP contribution in [0.4, 0.5) is 5.69 Å². The SMILES string of the molecule is Cc1ccc(-c2cc(C(N)=O)c3c(n2)-c2ccc(N4CCS(=O)(=O)CC4)cc2C3)cn1. The number of rotatable bonds is 3. The highest BCUT2D eigenvalue weighted by molar-refractivity contribution is 7.91. The van der Waals surface area contributed by atoms with Crippen LogP contribution in [0.25, 0.3) is 22.5 Å². The molecule has 0 atom stereocenters. The summed E-state index contributed by atoms with van der Waals surface area (Å²) in [5, 5.41) is 0. The Labute approximate surface area is 180 Å². The minimum atomic E-state index is -2.94. The molecule has 8 heteroatoms. The first kappa shape index (κ1) is 19.7. The van der Waals surface area contributed by atoms with Crippen LogP contribution >= 0.6 is 0 Å². The van der Waals surface area contributed by atoms with Crippen molar-refractivity contribution in [2.75, 3.05) is 29.5 Å². The smallest absolute Gasteiger partial charge is 0.249 e. The van der Waals surface area contributed by atoms with Gasteiger partial charge in [-0.25, -0.2) is 13.4 Å². The maximum absolute atomic E-state index is 12.2. The van der Waals surface area contributed by atoms with E-state index < -0.39 is 15.7 Å². The third-order valence-electron chi connectivity index (χ3n) is 6.02. The van der Waals surface area contributed by atoms with Crippen LogP contribution in [0.5, 0.6) is 0 Å². The molecule has 1 saturated heterocycles. The molecule has 1 amide bonds. The predicted octanol–water partition coefficient (Wildman–Crippen LogP) is 2.36. The Morgan fingerprint density at radius 1 is 1.10 bits per heavy atom. The zero-order valence-corrected chi connectivity index (χ0v) is 17.9. The van der Waals surface area contributed by atoms with E-state index in [4.69, 9.17) is 10.7 Å². The van der Waals surface area contributed by atoms with Crippen molar-refractivity contribution in [2.24, 2.45) is 5.73 Å². The lowest BCUT2D eigenvalue weighted by atomic mass is 10.0. The van der Waals surface area contributed by atoms with Crippen LogP contribution in [-0.2, 0) is 16.3 Å². The van der Waals surface area contributed by atoms with Gasteiger partial charge in [0.05, 0.1) is 22.9 Å². The second-order valence-electron chi connectivity index (χ2n) is 8.09. The van der Waals surface area contributed by atoms with E-state index >= 15 is 0 Å². The van der Waals surface area contributed by atoms with Crippen LogP contribution in [0.15, 0.2) is 42.6 Å². The van der Waals surface area contributed by atoms with Crippen LogP contribution in [-0.4, -0.2) is 48.9 Å². The molecule has 0 unspecified atom stereocenters. The fourth-order valence-electron chi connectivity index (χ4n) is 4.28. The summed E-state index contributed by atoms with van der Waals surface area (Å²) in [6.45, 7) is 2.90. The number of hydrogen-bond donors (Lipinski definition) is 1. The molecule has 158 valence electrons. The highest BCUT2D eigenvalue weighted by Crippen LogP contribution is 2.40. The molecular formula is C23H22N4O3S. The average Bonchev–Trinajstić information content (AvgIpc) is 3.11. The zero-order chi connectivity index (χ0) is 21.8. The highest BCUT2D eigenvalue weighted by Gasteiger charge is 2.28. The maximum atomic E-state index is 12.2. The summed E-state index contributed by atoms with van der Waals surface area (Å²) in [5.41, 5.74) is 13.2. The highest BCUT2D eigenvalue weighted by atomic mass is 32.2. The van der Waals surface area contributed by atoms with Gasteiger partial charge < -0.3 is 10.6 Å². The van der Waals surface area contributed by atoms with Crippen LogP contribution in [0, 0.1) is 6.92 Å². The fraction of sp³-hybridized carbons (Fsp3) is 0.261. The minimum absolute atomic E-state index is 0.172. The molecule has 2 aliphatic rings. The molecule has 1 aromatic carbocycles. The zero-order valence-electron chi connectivity index (χ0n) is 17.1. The van der Waals surface area contributed by atoms with Gasteiger partial charge in [-0.3, -0.25) is 9.78 Å². The van der Waals surface area contributed by atoms with Crippen molar-refractivity contribution in [3.05, 3.63) is 65.0 Å². The van der Waals surface area contributed by atoms with Gasteiger partial charge >= 0.3 is 0 Å². The van der Waals surface area contributed by atoms with Crippen molar-refractivity contribution in [1.29, 1.82) is 0 Å². The maximum Gasteiger partial charge on any atom is 0.249 e. The number of aromatic nitrogens is 2. The summed E-state index contributed by atoms with van der Waals surface area (Å²) in [4.78, 5) is 23.5. The molecule has 0 spiro atoms. The van der Waals surface area contributed by atoms with E-state index in [1.807, 2.05) is 31.2 Å². The molecule has 3 heterocycles. The van der Waals surface area contributed by atoms with Gasteiger partial charge in [0.15, 0.2) is 9.84 Å². The number of sulfone groups is 1. The van der Waals surface area contributed by atoms with Gasteiger partial charge in [-0.15, -0.1) is 0 Å². The number of pyridine rings is 2. The van der Waals surface area contributed by atoms with E-state index in [9.17, 15) is 13.2 Å². The lowest BCUT2D eigenvalue weighted by Gasteiger charge is -2.29. The Bertz CT molecular complexity index is 1300. The molecule has 31 heavy (non-hydrogen) atoms. The number of hydrogen-bond acceptors (Lipinski definition) is 6. The number of carbonyl (C=O) groups excluding carboxylic acids is 1. The van der Waals surface area contributed by atoms with E-state index in [1.54, 1.807) is 12.3 Å². The van der Waals surface area contributed by atoms with Crippen molar-refractivity contribution in [3.8, 4) is 22.5 Å². The molecule has 0 radical (unpaired) electrons. The second-order valence-corrected chi connectivity index (χ2v) is 10.4. The predicted molar refractivity (Wildman–Crippen MR) is 120 cm³/mol. The molecule has 7 nitrogen and oxygen atoms in total. The fourth-order valence-corrected chi connectivity index (χ4v) is 5.48. The van der Waals surface area contributed by atoms with E-state index in [0.29, 0.717) is 30.8 Å². The number of nitrogens with zero attached hydrogens (tertiary/aromatic N) is 3. The third kappa shape index (κ3) is 3.57. The number of anilines is 1. The summed E-state index contributed by atoms with van der Waals surface area (Å²) in [6.07, 6.45) is 2.32. The Morgan fingerprint density at radius 2 is 1.87 bits per heavy atom. The Balaban J connectivity index is 1.55. The van der Waals surface area contributed by atoms with Crippen LogP contribution < -0.4 is 10.6 Å². The molecular weight excluding hydrogens is 412 g/mol. The first-order valence-electron chi connectivity index (χ1n) is 10.2. The largest absolute Gasteiger partial charge is 0.369 e. The molecule has 1 fully saturated rings. The van der Waals surface area contributed by atoms with Crippen molar-refractivity contribution in [2.45, 2.75) is 13.3 Å². The molecule has 2 aromatic heterocycles. The number of carbonyl (C=O) groups is 1. The average molecular weight is 435 g/mol. The van der Waals surface area contributed by atoms with Gasteiger partial charge in [-0.2, -0.15) is 0 Å². The van der Waals surface area contributed by atoms with Gasteiger partial charge in [-0.05, 0) is 48.4 Å². The number of benzene rings is 1. The molecule has 1 aliphatic heterocycles. The number of fused-ring (bicyclic) bond motifs is 3. The van der Waals surface area contributed by atoms with Gasteiger partial charge in [0.2, 0.25) is 5.91 Å². The van der Waals surface area contributed by atoms with E-state index in [0.717, 1.165) is 39.3 Å². The standard InChI is InChI=1S/C23H22N4O3S/c1-14-2-3-15(13-25-14)21-12-20(23(24)28)19-11-16-10-17(4-5-18(16)22(19)26-21)27-6-8-31(29,30)9-7-27/h2-5,10,12-13H,6-9,11H2,1H3,(H2,24,28). The van der Waals surface area contributed by atoms with Crippen LogP contribution in [0.3, 0.4) is 0 Å². The first-order chi connectivity index (χ1) is 14.8. The van der Waals surface area contributed by atoms with Gasteiger partial charge in [-0.1, -0.05) is 6.07 Å². The molecule has 3 aromatic rings. The van der Waals surface area contributed by atoms with Gasteiger partial charge in [0, 0.05) is 53.8 Å². The normalized spacial score (nSPS) is 16.6. The van der Waals surface area contributed by atoms with Crippen molar-refractivity contribution in [1.82, 2.24) is 9.97 Å². The summed E-state index contributed by atoms with van der Waals surface area (Å²) in [5.74, 6) is -0.133. The molecule has 0 saturated carbocycles. The van der Waals surface area contributed by atoms with E-state index in [2.05, 4.69) is 16.0 Å². The van der Waals surface area contributed by atoms with Crippen molar-refractivity contribution in [3.63, 3.8) is 0 Å². The quantitative estimate of drug-likeness (QED) is 0.531. The second kappa shape index (κ2) is 7.16. The third-order valence-corrected chi connectivity index (χ3v) is 7.63. The number of amides is 1. The Morgan fingerprint density at radius 3 is 2.55 bits per heavy atom. The lowest BCUT2D eigenvalue weighted by Crippen LogP contribution is -2.40. The Hall–Kier alpha value is -3.26. The van der Waals surface area contributed by atoms with Gasteiger partial charge in [0.25, 0.3) is 0 Å². The summed E-state index contributed by atoms with van der Waals surface area (Å²) < 4.78 is 23.5. The van der Waals surface area contributed by atoms with Crippen LogP contribution in [0.1, 0.15) is 27.2 Å². The molecule has 0 bridgehead atoms. The topological polar surface area (TPSA) is 106 Å². The van der Waals surface area contributed by atoms with E-state index in [-0.39, 0.29) is 11.5 Å². The first-order valence-corrected chi connectivity index (χ1v) is 12.0. The lowest BCUT2D eigenvalue weighted by molar-refractivity contribution is 0.0999. The summed E-state index contributed by atoms with van der Waals surface area (Å²) in [7, 11) is -2.94. The number of aryl methyl sites for hydroxylation is 1. The number of nitrogens with two attached hydrogens (primary N) is 1. The van der Waals surface area contributed by atoms with Crippen molar-refractivity contribution >= 4 is 21.4 Å². The molecule has 1 aliphatic carbocycles. The minimum Gasteiger partial charge on any atom is -0.369 e. The van der Waals surface area contributed by atoms with Crippen LogP contribution in [0.2, 0.25) is 0 Å². The summed E-state index contributed by atoms with van der Waals surface area (Å²) >= 11 is 0. The summed E-state index contributed by atoms with van der Waals surface area (Å²) in [6, 6.07) is 11.7. The monoisotopic (exact) mass is 434 g/mol. The Kier molecular flexibility index (Phi) is 4.55. The molecule has 5 rings (SSSR count). The van der Waals surface area contributed by atoms with Crippen molar-refractivity contribution < 1.29 is 13.2 Å². The number of primary amides is 1. The molecule has 2 N–H and O–H groups in total.